The Hall–Kier alpha value is -1.20. The van der Waals surface area contributed by atoms with Gasteiger partial charge in [-0.25, -0.2) is 14.8 Å². The van der Waals surface area contributed by atoms with Crippen molar-refractivity contribution in [2.45, 2.75) is 13.0 Å². The molecule has 0 saturated heterocycles. The first-order valence-corrected chi connectivity index (χ1v) is 4.42. The summed E-state index contributed by atoms with van der Waals surface area (Å²) in [6.07, 6.45) is 0.522. The van der Waals surface area contributed by atoms with Crippen molar-refractivity contribution in [1.29, 1.82) is 0 Å². The molecule has 2 heterocycles. The topological polar surface area (TPSA) is 72.3 Å². The first kappa shape index (κ1) is 9.36. The van der Waals surface area contributed by atoms with Crippen molar-refractivity contribution in [2.75, 3.05) is 6.61 Å². The molecule has 1 aliphatic rings. The Bertz CT molecular complexity index is 394. The zero-order chi connectivity index (χ0) is 10.1. The van der Waals surface area contributed by atoms with E-state index >= 15 is 0 Å². The van der Waals surface area contributed by atoms with E-state index in [1.807, 2.05) is 0 Å². The van der Waals surface area contributed by atoms with Gasteiger partial charge in [0.25, 0.3) is 0 Å². The summed E-state index contributed by atoms with van der Waals surface area (Å²) in [7, 11) is 0. The maximum atomic E-state index is 10.8. The molecule has 0 fully saturated rings. The van der Waals surface area contributed by atoms with Gasteiger partial charge in [-0.15, -0.1) is 0 Å². The summed E-state index contributed by atoms with van der Waals surface area (Å²) >= 11 is 5.58. The van der Waals surface area contributed by atoms with Gasteiger partial charge >= 0.3 is 5.97 Å². The van der Waals surface area contributed by atoms with Gasteiger partial charge in [0.2, 0.25) is 5.28 Å². The molecule has 0 radical (unpaired) electrons. The fraction of sp³-hybridized carbons (Fsp3) is 0.375. The van der Waals surface area contributed by atoms with Crippen LogP contribution in [0.3, 0.4) is 0 Å². The van der Waals surface area contributed by atoms with E-state index in [1.165, 1.54) is 0 Å². The normalized spacial score (nSPS) is 14.9. The lowest BCUT2D eigenvalue weighted by Crippen LogP contribution is -2.18. The van der Waals surface area contributed by atoms with Gasteiger partial charge in [0.15, 0.2) is 5.69 Å². The lowest BCUT2D eigenvalue weighted by atomic mass is 10.1. The van der Waals surface area contributed by atoms with E-state index in [4.69, 9.17) is 21.4 Å². The molecular weight excluding hydrogens is 208 g/mol. The van der Waals surface area contributed by atoms with Gasteiger partial charge in [0, 0.05) is 12.0 Å². The molecule has 0 aromatic carbocycles. The number of aromatic nitrogens is 2. The van der Waals surface area contributed by atoms with Gasteiger partial charge in [-0.3, -0.25) is 0 Å². The van der Waals surface area contributed by atoms with Gasteiger partial charge in [-0.2, -0.15) is 0 Å². The number of aromatic carboxylic acids is 1. The summed E-state index contributed by atoms with van der Waals surface area (Å²) < 4.78 is 5.14. The van der Waals surface area contributed by atoms with Crippen LogP contribution < -0.4 is 0 Å². The molecule has 0 bridgehead atoms. The smallest absolute Gasteiger partial charge is 0.354 e. The number of rotatable bonds is 1. The van der Waals surface area contributed by atoms with Crippen LogP contribution in [0.2, 0.25) is 5.28 Å². The van der Waals surface area contributed by atoms with Crippen LogP contribution in [0.25, 0.3) is 0 Å². The zero-order valence-electron chi connectivity index (χ0n) is 7.16. The van der Waals surface area contributed by atoms with Crippen molar-refractivity contribution in [1.82, 2.24) is 9.97 Å². The molecule has 0 unspecified atom stereocenters. The fourth-order valence-corrected chi connectivity index (χ4v) is 1.59. The Balaban J connectivity index is 2.58. The summed E-state index contributed by atoms with van der Waals surface area (Å²) in [6, 6.07) is 0. The minimum atomic E-state index is -1.08. The molecule has 2 rings (SSSR count). The lowest BCUT2D eigenvalue weighted by molar-refractivity contribution is 0.0681. The second-order valence-corrected chi connectivity index (χ2v) is 3.21. The molecule has 1 aromatic rings. The molecule has 14 heavy (non-hydrogen) atoms. The summed E-state index contributed by atoms with van der Waals surface area (Å²) in [5.41, 5.74) is 1.20. The molecular formula is C8H7ClN2O3. The number of hydrogen-bond acceptors (Lipinski definition) is 4. The molecule has 6 heteroatoms. The monoisotopic (exact) mass is 214 g/mol. The van der Waals surface area contributed by atoms with E-state index in [-0.39, 0.29) is 11.0 Å². The first-order valence-electron chi connectivity index (χ1n) is 4.05. The summed E-state index contributed by atoms with van der Waals surface area (Å²) in [5.74, 6) is -1.08. The van der Waals surface area contributed by atoms with Crippen molar-refractivity contribution in [3.63, 3.8) is 0 Å². The molecule has 0 saturated carbocycles. The third-order valence-electron chi connectivity index (χ3n) is 2.00. The highest BCUT2D eigenvalue weighted by molar-refractivity contribution is 6.28. The Morgan fingerprint density at radius 2 is 2.29 bits per heavy atom. The highest BCUT2D eigenvalue weighted by Crippen LogP contribution is 2.19. The van der Waals surface area contributed by atoms with Crippen molar-refractivity contribution >= 4 is 17.6 Å². The third-order valence-corrected chi connectivity index (χ3v) is 2.17. The van der Waals surface area contributed by atoms with E-state index < -0.39 is 5.97 Å². The van der Waals surface area contributed by atoms with Gasteiger partial charge in [-0.1, -0.05) is 0 Å². The van der Waals surface area contributed by atoms with Crippen LogP contribution in [0, 0.1) is 0 Å². The van der Waals surface area contributed by atoms with Crippen LogP contribution in [-0.2, 0) is 17.8 Å². The van der Waals surface area contributed by atoms with Gasteiger partial charge < -0.3 is 9.84 Å². The number of carboxylic acids is 1. The van der Waals surface area contributed by atoms with Crippen LogP contribution in [0.15, 0.2) is 0 Å². The van der Waals surface area contributed by atoms with Gasteiger partial charge in [0.05, 0.1) is 18.9 Å². The number of carboxylic acid groups (broad SMARTS) is 1. The molecule has 0 aliphatic carbocycles. The highest BCUT2D eigenvalue weighted by Gasteiger charge is 2.21. The first-order chi connectivity index (χ1) is 6.68. The Labute approximate surface area is 84.7 Å². The molecule has 1 aliphatic heterocycles. The predicted molar refractivity (Wildman–Crippen MR) is 47.4 cm³/mol. The zero-order valence-corrected chi connectivity index (χ0v) is 7.91. The van der Waals surface area contributed by atoms with E-state index in [0.717, 1.165) is 0 Å². The van der Waals surface area contributed by atoms with Crippen LogP contribution >= 0.6 is 11.6 Å². The quantitative estimate of drug-likeness (QED) is 0.704. The van der Waals surface area contributed by atoms with E-state index in [0.29, 0.717) is 30.9 Å². The number of carbonyl (C=O) groups is 1. The van der Waals surface area contributed by atoms with Crippen LogP contribution in [0.4, 0.5) is 0 Å². The summed E-state index contributed by atoms with van der Waals surface area (Å²) in [4.78, 5) is 18.4. The molecule has 1 N–H and O–H groups in total. The summed E-state index contributed by atoms with van der Waals surface area (Å²) in [5, 5.41) is 8.83. The van der Waals surface area contributed by atoms with Crippen molar-refractivity contribution in [3.8, 4) is 0 Å². The van der Waals surface area contributed by atoms with Gasteiger partial charge in [-0.05, 0) is 11.6 Å². The maximum Gasteiger partial charge on any atom is 0.354 e. The van der Waals surface area contributed by atoms with Crippen molar-refractivity contribution in [3.05, 3.63) is 22.2 Å². The van der Waals surface area contributed by atoms with Gasteiger partial charge in [0.1, 0.15) is 0 Å². The average molecular weight is 215 g/mol. The second kappa shape index (κ2) is 3.51. The molecule has 1 aromatic heterocycles. The third kappa shape index (κ3) is 1.56. The highest BCUT2D eigenvalue weighted by atomic mass is 35.5. The Kier molecular flexibility index (Phi) is 2.35. The largest absolute Gasteiger partial charge is 0.476 e. The number of hydrogen-bond donors (Lipinski definition) is 1. The minimum absolute atomic E-state index is 0.0108. The van der Waals surface area contributed by atoms with Crippen molar-refractivity contribution in [2.24, 2.45) is 0 Å². The number of ether oxygens (including phenoxy) is 1. The second-order valence-electron chi connectivity index (χ2n) is 2.87. The molecule has 0 amide bonds. The Morgan fingerprint density at radius 1 is 1.50 bits per heavy atom. The number of nitrogens with zero attached hydrogens (tertiary/aromatic N) is 2. The van der Waals surface area contributed by atoms with Crippen molar-refractivity contribution < 1.29 is 14.6 Å². The molecule has 74 valence electrons. The Morgan fingerprint density at radius 3 is 3.00 bits per heavy atom. The standard InChI is InChI=1S/C8H7ClN2O3/c9-8-10-5-3-14-2-1-4(5)6(11-8)7(12)13/h1-3H2,(H,12,13). The number of fused-ring (bicyclic) bond motifs is 1. The maximum absolute atomic E-state index is 10.8. The fourth-order valence-electron chi connectivity index (χ4n) is 1.40. The van der Waals surface area contributed by atoms with Crippen LogP contribution in [0.1, 0.15) is 21.7 Å². The van der Waals surface area contributed by atoms with E-state index in [9.17, 15) is 4.79 Å². The minimum Gasteiger partial charge on any atom is -0.476 e. The lowest BCUT2D eigenvalue weighted by Gasteiger charge is -2.16. The van der Waals surface area contributed by atoms with Crippen LogP contribution in [0.5, 0.6) is 0 Å². The van der Waals surface area contributed by atoms with Crippen LogP contribution in [-0.4, -0.2) is 27.7 Å². The molecule has 5 nitrogen and oxygen atoms in total. The van der Waals surface area contributed by atoms with E-state index in [1.54, 1.807) is 0 Å². The SMILES string of the molecule is O=C(O)c1nc(Cl)nc2c1CCOC2. The summed E-state index contributed by atoms with van der Waals surface area (Å²) in [6.45, 7) is 0.802. The number of halogens is 1. The predicted octanol–water partition coefficient (Wildman–Crippen LogP) is 0.901. The molecule has 0 spiro atoms. The average Bonchev–Trinajstić information content (AvgIpc) is 2.16. The molecule has 0 atom stereocenters. The van der Waals surface area contributed by atoms with E-state index in [2.05, 4.69) is 9.97 Å².